The lowest BCUT2D eigenvalue weighted by Crippen LogP contribution is -2.05. The molecule has 5 radical (unpaired) electrons. The summed E-state index contributed by atoms with van der Waals surface area (Å²) in [5.41, 5.74) is 8.52. The Morgan fingerprint density at radius 2 is 1.50 bits per heavy atom. The van der Waals surface area contributed by atoms with Crippen LogP contribution in [0.4, 0.5) is 5.95 Å². The molecule has 0 atom stereocenters. The second-order valence-electron chi connectivity index (χ2n) is 4.04. The Bertz CT molecular complexity index is 531. The van der Waals surface area contributed by atoms with Crippen LogP contribution >= 0.6 is 0 Å². The molecule has 1 heterocycles. The summed E-state index contributed by atoms with van der Waals surface area (Å²) >= 11 is 0. The number of hydrogen-bond acceptors (Lipinski definition) is 3. The topological polar surface area (TPSA) is 51.8 Å². The number of anilines is 1. The van der Waals surface area contributed by atoms with E-state index in [9.17, 15) is 0 Å². The van der Waals surface area contributed by atoms with E-state index >= 15 is 0 Å². The van der Waals surface area contributed by atoms with E-state index in [0.29, 0.717) is 5.95 Å². The normalized spacial score (nSPS) is 16.0. The van der Waals surface area contributed by atoms with Gasteiger partial charge in [-0.15, -0.1) is 0 Å². The van der Waals surface area contributed by atoms with E-state index in [2.05, 4.69) is 9.97 Å². The van der Waals surface area contributed by atoms with Crippen molar-refractivity contribution in [2.24, 2.45) is 0 Å². The highest BCUT2D eigenvalue weighted by Crippen LogP contribution is 2.30. The first-order chi connectivity index (χ1) is 8.83. The summed E-state index contributed by atoms with van der Waals surface area (Å²) in [6.07, 6.45) is 7.98. The molecule has 2 N–H and O–H groups in total. The minimum atomic E-state index is 0.299. The second-order valence-corrected chi connectivity index (χ2v) is 4.04. The molecular weight excluding hydrogens is 222 g/mol. The van der Waals surface area contributed by atoms with E-state index < -0.39 is 0 Å². The Kier molecular flexibility index (Phi) is 2.97. The fourth-order valence-electron chi connectivity index (χ4n) is 1.92. The van der Waals surface area contributed by atoms with Gasteiger partial charge in [0.15, 0.2) is 0 Å². The minimum absolute atomic E-state index is 0.299. The molecule has 2 aromatic rings. The quantitative estimate of drug-likeness (QED) is 0.868. The largest absolute Gasteiger partial charge is 0.368 e. The third-order valence-electron chi connectivity index (χ3n) is 2.77. The van der Waals surface area contributed by atoms with Gasteiger partial charge >= 0.3 is 0 Å². The monoisotopic (exact) mass is 234 g/mol. The highest BCUT2D eigenvalue weighted by Gasteiger charge is 2.21. The lowest BCUT2D eigenvalue weighted by molar-refractivity contribution is 1.09. The summed E-state index contributed by atoms with van der Waals surface area (Å²) in [4.78, 5) is 8.55. The average Bonchev–Trinajstić information content (AvgIpc) is 2.93. The highest BCUT2D eigenvalue weighted by atomic mass is 15.0. The van der Waals surface area contributed by atoms with Gasteiger partial charge in [0.1, 0.15) is 0 Å². The van der Waals surface area contributed by atoms with Gasteiger partial charge in [-0.05, 0) is 31.7 Å². The predicted molar refractivity (Wildman–Crippen MR) is 71.4 cm³/mol. The molecular formula is C15H12N3. The van der Waals surface area contributed by atoms with Crippen LogP contribution in [0.15, 0.2) is 36.4 Å². The van der Waals surface area contributed by atoms with Gasteiger partial charge in [-0.3, -0.25) is 0 Å². The van der Waals surface area contributed by atoms with Crippen LogP contribution in [0.5, 0.6) is 0 Å². The summed E-state index contributed by atoms with van der Waals surface area (Å²) in [7, 11) is 0. The number of nitrogen functional groups attached to an aromatic ring is 1. The molecule has 18 heavy (non-hydrogen) atoms. The van der Waals surface area contributed by atoms with Crippen LogP contribution in [-0.4, -0.2) is 9.97 Å². The molecule has 1 fully saturated rings. The maximum absolute atomic E-state index is 5.78. The van der Waals surface area contributed by atoms with Crippen molar-refractivity contribution in [1.82, 2.24) is 9.97 Å². The highest BCUT2D eigenvalue weighted by molar-refractivity contribution is 5.62. The fourth-order valence-corrected chi connectivity index (χ4v) is 1.92. The molecule has 3 heteroatoms. The van der Waals surface area contributed by atoms with Crippen LogP contribution in [0.3, 0.4) is 0 Å². The van der Waals surface area contributed by atoms with Crippen molar-refractivity contribution in [3.63, 3.8) is 0 Å². The first kappa shape index (κ1) is 11.2. The lowest BCUT2D eigenvalue weighted by Gasteiger charge is -2.10. The second kappa shape index (κ2) is 4.77. The van der Waals surface area contributed by atoms with Crippen molar-refractivity contribution in [1.29, 1.82) is 0 Å². The molecule has 3 rings (SSSR count). The molecule has 3 nitrogen and oxygen atoms in total. The molecule has 1 aliphatic carbocycles. The number of nitrogens with two attached hydrogens (primary N) is 1. The van der Waals surface area contributed by atoms with Gasteiger partial charge in [0.2, 0.25) is 5.95 Å². The van der Waals surface area contributed by atoms with Crippen molar-refractivity contribution in [2.75, 3.05) is 5.73 Å². The van der Waals surface area contributed by atoms with Crippen molar-refractivity contribution in [3.8, 4) is 11.3 Å². The number of hydrogen-bond donors (Lipinski definition) is 1. The Morgan fingerprint density at radius 1 is 0.833 bits per heavy atom. The number of rotatable bonds is 2. The molecule has 0 bridgehead atoms. The molecule has 1 aromatic heterocycles. The van der Waals surface area contributed by atoms with E-state index in [1.165, 1.54) is 0 Å². The Hall–Kier alpha value is -1.90. The van der Waals surface area contributed by atoms with Crippen LogP contribution < -0.4 is 5.73 Å². The molecule has 87 valence electrons. The third kappa shape index (κ3) is 2.21. The van der Waals surface area contributed by atoms with Crippen LogP contribution in [0.25, 0.3) is 11.3 Å². The fraction of sp³-hybridized carbons (Fsp3) is 0. The Morgan fingerprint density at radius 3 is 2.22 bits per heavy atom. The molecule has 0 aliphatic heterocycles. The summed E-state index contributed by atoms with van der Waals surface area (Å²) in [6.45, 7) is 0. The van der Waals surface area contributed by atoms with Crippen molar-refractivity contribution in [2.45, 2.75) is 0 Å². The van der Waals surface area contributed by atoms with E-state index in [1.54, 1.807) is 0 Å². The summed E-state index contributed by atoms with van der Waals surface area (Å²) in [5, 5.41) is 0. The van der Waals surface area contributed by atoms with Gasteiger partial charge in [-0.2, -0.15) is 0 Å². The van der Waals surface area contributed by atoms with Crippen molar-refractivity contribution < 1.29 is 0 Å². The minimum Gasteiger partial charge on any atom is -0.368 e. The predicted octanol–water partition coefficient (Wildman–Crippen LogP) is 2.48. The van der Waals surface area contributed by atoms with Crippen LogP contribution in [0.2, 0.25) is 0 Å². The molecule has 1 aliphatic rings. The zero-order valence-corrected chi connectivity index (χ0v) is 9.75. The maximum atomic E-state index is 5.78. The Balaban J connectivity index is 2.00. The smallest absolute Gasteiger partial charge is 0.220 e. The summed E-state index contributed by atoms with van der Waals surface area (Å²) in [5.74, 6) is 1.36. The molecule has 1 saturated carbocycles. The summed E-state index contributed by atoms with van der Waals surface area (Å²) < 4.78 is 0. The molecule has 0 unspecified atom stereocenters. The van der Waals surface area contributed by atoms with E-state index in [1.807, 2.05) is 62.1 Å². The average molecular weight is 234 g/mol. The van der Waals surface area contributed by atoms with Gasteiger partial charge in [-0.25, -0.2) is 9.97 Å². The SMILES string of the molecule is Nc1nc([C]2[CH][CH][CH][CH]2)cc(-c2ccccc2)n1. The van der Waals surface area contributed by atoms with Gasteiger partial charge < -0.3 is 5.73 Å². The lowest BCUT2D eigenvalue weighted by atomic mass is 10.0. The Labute approximate surface area is 107 Å². The zero-order chi connectivity index (χ0) is 12.4. The number of aromatic nitrogens is 2. The number of nitrogens with zero attached hydrogens (tertiary/aromatic N) is 2. The molecule has 0 spiro atoms. The maximum Gasteiger partial charge on any atom is 0.220 e. The molecule has 0 amide bonds. The van der Waals surface area contributed by atoms with Crippen LogP contribution in [0.1, 0.15) is 5.69 Å². The van der Waals surface area contributed by atoms with Crippen molar-refractivity contribution in [3.05, 3.63) is 73.7 Å². The molecule has 1 aromatic carbocycles. The van der Waals surface area contributed by atoms with Gasteiger partial charge in [0.05, 0.1) is 11.4 Å². The number of benzene rings is 1. The van der Waals surface area contributed by atoms with Crippen LogP contribution in [0, 0.1) is 31.6 Å². The van der Waals surface area contributed by atoms with Crippen LogP contribution in [-0.2, 0) is 0 Å². The van der Waals surface area contributed by atoms with Gasteiger partial charge in [-0.1, -0.05) is 30.3 Å². The zero-order valence-electron chi connectivity index (χ0n) is 9.75. The molecule has 0 saturated heterocycles. The third-order valence-corrected chi connectivity index (χ3v) is 2.77. The standard InChI is InChI=1S/C15H12N3/c16-15-17-13(11-6-2-1-3-7-11)10-14(18-15)12-8-4-5-9-12/h1-10H,(H2,16,17,18). The van der Waals surface area contributed by atoms with E-state index in [0.717, 1.165) is 22.9 Å². The van der Waals surface area contributed by atoms with Crippen molar-refractivity contribution >= 4 is 5.95 Å². The summed E-state index contributed by atoms with van der Waals surface area (Å²) in [6, 6.07) is 11.9. The van der Waals surface area contributed by atoms with Gasteiger partial charge in [0, 0.05) is 11.5 Å². The van der Waals surface area contributed by atoms with E-state index in [-0.39, 0.29) is 0 Å². The first-order valence-electron chi connectivity index (χ1n) is 5.75. The first-order valence-corrected chi connectivity index (χ1v) is 5.75. The van der Waals surface area contributed by atoms with E-state index in [4.69, 9.17) is 5.73 Å². The van der Waals surface area contributed by atoms with Gasteiger partial charge in [0.25, 0.3) is 0 Å².